The molecule has 5 nitrogen and oxygen atoms in total. The van der Waals surface area contributed by atoms with Crippen LogP contribution >= 0.6 is 11.6 Å². The van der Waals surface area contributed by atoms with Crippen LogP contribution in [0.25, 0.3) is 0 Å². The van der Waals surface area contributed by atoms with Crippen LogP contribution in [0.4, 0.5) is 17.2 Å². The van der Waals surface area contributed by atoms with Gasteiger partial charge in [-0.25, -0.2) is 9.97 Å². The van der Waals surface area contributed by atoms with Gasteiger partial charge in [-0.15, -0.1) is 0 Å². The fraction of sp³-hybridized carbons (Fsp3) is 0.105. The van der Waals surface area contributed by atoms with E-state index in [2.05, 4.69) is 33.6 Å². The van der Waals surface area contributed by atoms with E-state index in [1.165, 1.54) is 18.0 Å². The van der Waals surface area contributed by atoms with E-state index in [0.717, 1.165) is 12.1 Å². The molecule has 1 heterocycles. The van der Waals surface area contributed by atoms with E-state index in [1.807, 2.05) is 18.2 Å². The van der Waals surface area contributed by atoms with E-state index < -0.39 is 0 Å². The Balaban J connectivity index is 1.72. The molecule has 1 aromatic heterocycles. The fourth-order valence-corrected chi connectivity index (χ4v) is 2.53. The lowest BCUT2D eigenvalue weighted by atomic mass is 10.1. The van der Waals surface area contributed by atoms with Gasteiger partial charge in [-0.2, -0.15) is 0 Å². The van der Waals surface area contributed by atoms with E-state index in [-0.39, 0.29) is 11.6 Å². The van der Waals surface area contributed by atoms with Crippen molar-refractivity contribution in [3.8, 4) is 0 Å². The third-order valence-corrected chi connectivity index (χ3v) is 4.00. The topological polar surface area (TPSA) is 66.9 Å². The van der Waals surface area contributed by atoms with Gasteiger partial charge in [0.2, 0.25) is 0 Å². The highest BCUT2D eigenvalue weighted by Crippen LogP contribution is 2.22. The summed E-state index contributed by atoms with van der Waals surface area (Å²) in [6.45, 7) is 2.09. The molecule has 1 amide bonds. The van der Waals surface area contributed by atoms with Gasteiger partial charge in [-0.1, -0.05) is 48.9 Å². The maximum absolute atomic E-state index is 12.2. The van der Waals surface area contributed by atoms with Crippen molar-refractivity contribution in [3.63, 3.8) is 0 Å². The van der Waals surface area contributed by atoms with Crippen molar-refractivity contribution < 1.29 is 4.79 Å². The highest BCUT2D eigenvalue weighted by atomic mass is 35.5. The van der Waals surface area contributed by atoms with Gasteiger partial charge in [0.15, 0.2) is 0 Å². The Morgan fingerprint density at radius 3 is 2.40 bits per heavy atom. The van der Waals surface area contributed by atoms with Gasteiger partial charge in [0, 0.05) is 5.69 Å². The number of aryl methyl sites for hydroxylation is 1. The minimum absolute atomic E-state index is 0.217. The second-order valence-corrected chi connectivity index (χ2v) is 5.76. The van der Waals surface area contributed by atoms with Gasteiger partial charge in [0.05, 0.1) is 23.1 Å². The molecule has 0 fully saturated rings. The molecule has 0 aliphatic carbocycles. The zero-order valence-corrected chi connectivity index (χ0v) is 14.4. The van der Waals surface area contributed by atoms with Gasteiger partial charge < -0.3 is 10.6 Å². The monoisotopic (exact) mass is 352 g/mol. The van der Waals surface area contributed by atoms with Gasteiger partial charge in [-0.3, -0.25) is 4.79 Å². The molecule has 0 atom stereocenters. The number of nitrogens with one attached hydrogen (secondary N) is 2. The summed E-state index contributed by atoms with van der Waals surface area (Å²) in [5.74, 6) is 0.219. The summed E-state index contributed by atoms with van der Waals surface area (Å²) in [6, 6.07) is 15.0. The zero-order valence-electron chi connectivity index (χ0n) is 13.7. The van der Waals surface area contributed by atoms with Crippen molar-refractivity contribution in [1.29, 1.82) is 0 Å². The lowest BCUT2D eigenvalue weighted by Gasteiger charge is -2.10. The Kier molecular flexibility index (Phi) is 5.26. The average molecular weight is 353 g/mol. The minimum Gasteiger partial charge on any atom is -0.339 e. The molecule has 2 aromatic carbocycles. The number of rotatable bonds is 5. The van der Waals surface area contributed by atoms with Crippen LogP contribution in [0.2, 0.25) is 5.02 Å². The number of para-hydroxylation sites is 2. The number of hydrogen-bond donors (Lipinski definition) is 2. The predicted molar refractivity (Wildman–Crippen MR) is 101 cm³/mol. The summed E-state index contributed by atoms with van der Waals surface area (Å²) in [5, 5.41) is 6.41. The van der Waals surface area contributed by atoms with Crippen molar-refractivity contribution in [3.05, 3.63) is 77.2 Å². The first-order valence-corrected chi connectivity index (χ1v) is 8.28. The maximum atomic E-state index is 12.2. The molecule has 0 saturated carbocycles. The quantitative estimate of drug-likeness (QED) is 0.699. The van der Waals surface area contributed by atoms with Crippen molar-refractivity contribution in [2.24, 2.45) is 0 Å². The first-order valence-electron chi connectivity index (χ1n) is 7.90. The number of anilines is 3. The zero-order chi connectivity index (χ0) is 17.6. The molecule has 0 aliphatic heterocycles. The van der Waals surface area contributed by atoms with E-state index in [4.69, 9.17) is 11.6 Å². The summed E-state index contributed by atoms with van der Waals surface area (Å²) in [7, 11) is 0. The molecular weight excluding hydrogens is 336 g/mol. The molecule has 0 radical (unpaired) electrons. The number of benzene rings is 2. The van der Waals surface area contributed by atoms with Crippen LogP contribution in [0.15, 0.2) is 60.9 Å². The summed E-state index contributed by atoms with van der Waals surface area (Å²) in [4.78, 5) is 20.7. The summed E-state index contributed by atoms with van der Waals surface area (Å²) in [5.41, 5.74) is 2.92. The first kappa shape index (κ1) is 16.9. The normalized spacial score (nSPS) is 10.3. The molecule has 2 N–H and O–H groups in total. The number of nitrogens with zero attached hydrogens (tertiary/aromatic N) is 2. The molecule has 0 unspecified atom stereocenters. The maximum Gasteiger partial charge on any atom is 0.275 e. The van der Waals surface area contributed by atoms with Crippen molar-refractivity contribution >= 4 is 34.7 Å². The molecule has 126 valence electrons. The Morgan fingerprint density at radius 1 is 1.00 bits per heavy atom. The van der Waals surface area contributed by atoms with E-state index in [9.17, 15) is 4.79 Å². The molecule has 0 saturated heterocycles. The van der Waals surface area contributed by atoms with Gasteiger partial charge >= 0.3 is 0 Å². The van der Waals surface area contributed by atoms with Crippen LogP contribution in [0.5, 0.6) is 0 Å². The van der Waals surface area contributed by atoms with Crippen molar-refractivity contribution in [1.82, 2.24) is 9.97 Å². The standard InChI is InChI=1S/C19H17ClN4O/c1-2-13-7-3-5-9-15(13)23-18-12-21-17(11-22-18)19(25)24-16-10-6-4-8-14(16)20/h3-12H,2H2,1H3,(H,22,23)(H,24,25). The molecule has 3 aromatic rings. The van der Waals surface area contributed by atoms with E-state index in [0.29, 0.717) is 16.5 Å². The van der Waals surface area contributed by atoms with Gasteiger partial charge in [0.25, 0.3) is 5.91 Å². The number of aromatic nitrogens is 2. The Labute approximate surface area is 151 Å². The molecule has 0 aliphatic rings. The van der Waals surface area contributed by atoms with Crippen LogP contribution in [0.3, 0.4) is 0 Å². The molecule has 0 bridgehead atoms. The number of carbonyl (C=O) groups is 1. The smallest absolute Gasteiger partial charge is 0.275 e. The fourth-order valence-electron chi connectivity index (χ4n) is 2.35. The first-order chi connectivity index (χ1) is 12.2. The number of halogens is 1. The highest BCUT2D eigenvalue weighted by molar-refractivity contribution is 6.33. The number of hydrogen-bond acceptors (Lipinski definition) is 4. The molecule has 0 spiro atoms. The highest BCUT2D eigenvalue weighted by Gasteiger charge is 2.10. The second-order valence-electron chi connectivity index (χ2n) is 5.36. The van der Waals surface area contributed by atoms with Crippen LogP contribution in [0, 0.1) is 0 Å². The number of amides is 1. The van der Waals surface area contributed by atoms with Gasteiger partial charge in [-0.05, 0) is 30.2 Å². The van der Waals surface area contributed by atoms with Crippen LogP contribution in [-0.4, -0.2) is 15.9 Å². The lowest BCUT2D eigenvalue weighted by molar-refractivity contribution is 0.102. The van der Waals surface area contributed by atoms with Crippen LogP contribution in [-0.2, 0) is 6.42 Å². The summed E-state index contributed by atoms with van der Waals surface area (Å²) >= 11 is 6.04. The SMILES string of the molecule is CCc1ccccc1Nc1cnc(C(=O)Nc2ccccc2Cl)cn1. The van der Waals surface area contributed by atoms with Gasteiger partial charge in [0.1, 0.15) is 11.5 Å². The molecule has 3 rings (SSSR count). The van der Waals surface area contributed by atoms with Crippen molar-refractivity contribution in [2.45, 2.75) is 13.3 Å². The van der Waals surface area contributed by atoms with Crippen LogP contribution in [0.1, 0.15) is 23.0 Å². The molecule has 25 heavy (non-hydrogen) atoms. The van der Waals surface area contributed by atoms with Crippen molar-refractivity contribution in [2.75, 3.05) is 10.6 Å². The third-order valence-electron chi connectivity index (χ3n) is 3.67. The Hall–Kier alpha value is -2.92. The Morgan fingerprint density at radius 2 is 1.72 bits per heavy atom. The molecule has 6 heteroatoms. The predicted octanol–water partition coefficient (Wildman–Crippen LogP) is 4.69. The van der Waals surface area contributed by atoms with Crippen LogP contribution < -0.4 is 10.6 Å². The average Bonchev–Trinajstić information content (AvgIpc) is 2.64. The van der Waals surface area contributed by atoms with E-state index in [1.54, 1.807) is 24.3 Å². The van der Waals surface area contributed by atoms with E-state index >= 15 is 0 Å². The lowest BCUT2D eigenvalue weighted by Crippen LogP contribution is -2.14. The largest absolute Gasteiger partial charge is 0.339 e. The summed E-state index contributed by atoms with van der Waals surface area (Å²) < 4.78 is 0. The molecular formula is C19H17ClN4O. The summed E-state index contributed by atoms with van der Waals surface area (Å²) in [6.07, 6.45) is 3.88. The minimum atomic E-state index is -0.360. The Bertz CT molecular complexity index is 881. The second kappa shape index (κ2) is 7.77. The number of carbonyl (C=O) groups excluding carboxylic acids is 1. The third kappa shape index (κ3) is 4.14.